The van der Waals surface area contributed by atoms with Crippen molar-refractivity contribution in [2.24, 2.45) is 23.2 Å². The summed E-state index contributed by atoms with van der Waals surface area (Å²) in [5.41, 5.74) is 0.288. The maximum Gasteiger partial charge on any atom is 0.308 e. The van der Waals surface area contributed by atoms with E-state index in [-0.39, 0.29) is 17.3 Å². The molecule has 0 bridgehead atoms. The standard InChI is InChI=1S/C15H29NO2/c1-11(2)13(14(17)18)9-16-10-15(3,4)12-7-5-6-8-12/h11-13,16H,5-10H2,1-4H3,(H,17,18). The number of carbonyl (C=O) groups is 1. The molecule has 0 aromatic rings. The smallest absolute Gasteiger partial charge is 0.308 e. The summed E-state index contributed by atoms with van der Waals surface area (Å²) in [6.45, 7) is 10.1. The van der Waals surface area contributed by atoms with Gasteiger partial charge in [-0.1, -0.05) is 40.5 Å². The maximum absolute atomic E-state index is 11.1. The van der Waals surface area contributed by atoms with E-state index in [0.29, 0.717) is 6.54 Å². The van der Waals surface area contributed by atoms with E-state index in [1.807, 2.05) is 13.8 Å². The highest BCUT2D eigenvalue weighted by Gasteiger charge is 2.32. The van der Waals surface area contributed by atoms with Crippen LogP contribution in [0.25, 0.3) is 0 Å². The Balaban J connectivity index is 2.37. The number of nitrogens with one attached hydrogen (secondary N) is 1. The van der Waals surface area contributed by atoms with Crippen LogP contribution in [0.5, 0.6) is 0 Å². The van der Waals surface area contributed by atoms with E-state index in [2.05, 4.69) is 19.2 Å². The van der Waals surface area contributed by atoms with Crippen LogP contribution in [0.15, 0.2) is 0 Å². The second-order valence-electron chi connectivity index (χ2n) is 6.79. The van der Waals surface area contributed by atoms with Crippen LogP contribution in [0.2, 0.25) is 0 Å². The first-order valence-corrected chi connectivity index (χ1v) is 7.28. The Labute approximate surface area is 111 Å². The van der Waals surface area contributed by atoms with Gasteiger partial charge in [0.15, 0.2) is 0 Å². The summed E-state index contributed by atoms with van der Waals surface area (Å²) >= 11 is 0. The monoisotopic (exact) mass is 255 g/mol. The lowest BCUT2D eigenvalue weighted by Crippen LogP contribution is -2.39. The zero-order valence-electron chi connectivity index (χ0n) is 12.3. The molecule has 106 valence electrons. The third-order valence-corrected chi connectivity index (χ3v) is 4.53. The Morgan fingerprint density at radius 1 is 1.33 bits per heavy atom. The molecule has 0 heterocycles. The minimum Gasteiger partial charge on any atom is -0.481 e. The molecular weight excluding hydrogens is 226 g/mol. The van der Waals surface area contributed by atoms with Crippen LogP contribution < -0.4 is 5.32 Å². The SMILES string of the molecule is CC(C)C(CNCC(C)(C)C1CCCC1)C(=O)O. The molecule has 1 atom stereocenters. The molecule has 1 aliphatic carbocycles. The van der Waals surface area contributed by atoms with E-state index >= 15 is 0 Å². The van der Waals surface area contributed by atoms with E-state index in [4.69, 9.17) is 5.11 Å². The van der Waals surface area contributed by atoms with Crippen molar-refractivity contribution in [3.63, 3.8) is 0 Å². The van der Waals surface area contributed by atoms with Gasteiger partial charge in [-0.3, -0.25) is 4.79 Å². The summed E-state index contributed by atoms with van der Waals surface area (Å²) in [6, 6.07) is 0. The first-order chi connectivity index (χ1) is 8.34. The lowest BCUT2D eigenvalue weighted by molar-refractivity contribution is -0.143. The summed E-state index contributed by atoms with van der Waals surface area (Å²) < 4.78 is 0. The molecule has 3 nitrogen and oxygen atoms in total. The van der Waals surface area contributed by atoms with E-state index in [0.717, 1.165) is 12.5 Å². The number of hydrogen-bond donors (Lipinski definition) is 2. The first-order valence-electron chi connectivity index (χ1n) is 7.28. The number of carboxylic acids is 1. The molecule has 1 saturated carbocycles. The van der Waals surface area contributed by atoms with Gasteiger partial charge in [0.25, 0.3) is 0 Å². The molecule has 0 aromatic carbocycles. The Hall–Kier alpha value is -0.570. The fourth-order valence-corrected chi connectivity index (χ4v) is 3.01. The third kappa shape index (κ3) is 4.27. The van der Waals surface area contributed by atoms with Crippen molar-refractivity contribution in [3.05, 3.63) is 0 Å². The van der Waals surface area contributed by atoms with Crippen LogP contribution in [-0.2, 0) is 4.79 Å². The van der Waals surface area contributed by atoms with E-state index in [1.54, 1.807) is 0 Å². The second kappa shape index (κ2) is 6.55. The second-order valence-corrected chi connectivity index (χ2v) is 6.79. The molecule has 3 heteroatoms. The Morgan fingerprint density at radius 3 is 2.33 bits per heavy atom. The number of carboxylic acid groups (broad SMARTS) is 1. The summed E-state index contributed by atoms with van der Waals surface area (Å²) in [7, 11) is 0. The number of rotatable bonds is 7. The minimum absolute atomic E-state index is 0.185. The molecule has 1 unspecified atom stereocenters. The molecule has 18 heavy (non-hydrogen) atoms. The lowest BCUT2D eigenvalue weighted by atomic mass is 9.77. The molecular formula is C15H29NO2. The van der Waals surface area contributed by atoms with Crippen LogP contribution in [0.1, 0.15) is 53.4 Å². The average molecular weight is 255 g/mol. The Morgan fingerprint density at radius 2 is 1.89 bits per heavy atom. The van der Waals surface area contributed by atoms with Crippen molar-refractivity contribution < 1.29 is 9.90 Å². The van der Waals surface area contributed by atoms with Crippen LogP contribution in [-0.4, -0.2) is 24.2 Å². The average Bonchev–Trinajstić information content (AvgIpc) is 2.76. The van der Waals surface area contributed by atoms with Crippen molar-refractivity contribution in [1.29, 1.82) is 0 Å². The lowest BCUT2D eigenvalue weighted by Gasteiger charge is -2.32. The quantitative estimate of drug-likeness (QED) is 0.734. The molecule has 0 radical (unpaired) electrons. The molecule has 1 fully saturated rings. The Bertz CT molecular complexity index is 268. The normalized spacial score (nSPS) is 19.4. The zero-order valence-corrected chi connectivity index (χ0v) is 12.3. The van der Waals surface area contributed by atoms with Gasteiger partial charge in [-0.25, -0.2) is 0 Å². The van der Waals surface area contributed by atoms with Gasteiger partial charge < -0.3 is 10.4 Å². The highest BCUT2D eigenvalue weighted by Crippen LogP contribution is 2.39. The highest BCUT2D eigenvalue weighted by molar-refractivity contribution is 5.70. The third-order valence-electron chi connectivity index (χ3n) is 4.53. The van der Waals surface area contributed by atoms with Gasteiger partial charge in [0.2, 0.25) is 0 Å². The predicted octanol–water partition coefficient (Wildman–Crippen LogP) is 3.15. The van der Waals surface area contributed by atoms with E-state index in [1.165, 1.54) is 25.7 Å². The molecule has 1 aliphatic rings. The number of hydrogen-bond acceptors (Lipinski definition) is 2. The van der Waals surface area contributed by atoms with Crippen LogP contribution in [0, 0.1) is 23.2 Å². The first kappa shape index (κ1) is 15.5. The molecule has 0 aliphatic heterocycles. The largest absolute Gasteiger partial charge is 0.481 e. The summed E-state index contributed by atoms with van der Waals surface area (Å²) in [4.78, 5) is 11.1. The van der Waals surface area contributed by atoms with Crippen LogP contribution in [0.3, 0.4) is 0 Å². The summed E-state index contributed by atoms with van der Waals surface area (Å²) in [6.07, 6.45) is 5.39. The van der Waals surface area contributed by atoms with Crippen LogP contribution >= 0.6 is 0 Å². The van der Waals surface area contributed by atoms with Gasteiger partial charge in [-0.05, 0) is 30.1 Å². The minimum atomic E-state index is -0.684. The van der Waals surface area contributed by atoms with Gasteiger partial charge in [0.05, 0.1) is 5.92 Å². The van der Waals surface area contributed by atoms with Gasteiger partial charge in [-0.2, -0.15) is 0 Å². The fourth-order valence-electron chi connectivity index (χ4n) is 3.01. The van der Waals surface area contributed by atoms with Crippen molar-refractivity contribution in [2.45, 2.75) is 53.4 Å². The molecule has 0 amide bonds. The number of aliphatic carboxylic acids is 1. The molecule has 0 aromatic heterocycles. The summed E-state index contributed by atoms with van der Waals surface area (Å²) in [5.74, 6) is 0.0254. The predicted molar refractivity (Wildman–Crippen MR) is 74.6 cm³/mol. The molecule has 1 rings (SSSR count). The molecule has 0 saturated heterocycles. The fraction of sp³-hybridized carbons (Fsp3) is 0.933. The topological polar surface area (TPSA) is 49.3 Å². The van der Waals surface area contributed by atoms with E-state index < -0.39 is 5.97 Å². The summed E-state index contributed by atoms with van der Waals surface area (Å²) in [5, 5.41) is 12.5. The molecule has 2 N–H and O–H groups in total. The van der Waals surface area contributed by atoms with Crippen molar-refractivity contribution in [3.8, 4) is 0 Å². The van der Waals surface area contributed by atoms with Crippen molar-refractivity contribution in [2.75, 3.05) is 13.1 Å². The van der Waals surface area contributed by atoms with Gasteiger partial charge >= 0.3 is 5.97 Å². The zero-order chi connectivity index (χ0) is 13.8. The van der Waals surface area contributed by atoms with Gasteiger partial charge in [-0.15, -0.1) is 0 Å². The van der Waals surface area contributed by atoms with Crippen LogP contribution in [0.4, 0.5) is 0 Å². The Kier molecular flexibility index (Phi) is 5.64. The highest BCUT2D eigenvalue weighted by atomic mass is 16.4. The van der Waals surface area contributed by atoms with Crippen molar-refractivity contribution >= 4 is 5.97 Å². The maximum atomic E-state index is 11.1. The van der Waals surface area contributed by atoms with E-state index in [9.17, 15) is 4.79 Å². The van der Waals surface area contributed by atoms with Gasteiger partial charge in [0.1, 0.15) is 0 Å². The van der Waals surface area contributed by atoms with Gasteiger partial charge in [0, 0.05) is 13.1 Å². The van der Waals surface area contributed by atoms with Crippen molar-refractivity contribution in [1.82, 2.24) is 5.32 Å². The molecule has 0 spiro atoms.